The second kappa shape index (κ2) is 4.32. The van der Waals surface area contributed by atoms with Crippen LogP contribution < -0.4 is 0 Å². The van der Waals surface area contributed by atoms with Crippen molar-refractivity contribution >= 4 is 5.97 Å². The number of hydrogen-bond donors (Lipinski definition) is 1. The van der Waals surface area contributed by atoms with Crippen LogP contribution in [-0.4, -0.2) is 11.1 Å². The molecule has 2 aliphatic carbocycles. The van der Waals surface area contributed by atoms with Gasteiger partial charge in [-0.1, -0.05) is 31.6 Å². The van der Waals surface area contributed by atoms with Crippen LogP contribution in [-0.2, 0) is 4.79 Å². The smallest absolute Gasteiger partial charge is 0.331 e. The Morgan fingerprint density at radius 3 is 2.76 bits per heavy atom. The summed E-state index contributed by atoms with van der Waals surface area (Å²) in [7, 11) is 0. The van der Waals surface area contributed by atoms with E-state index in [2.05, 4.69) is 26.8 Å². The van der Waals surface area contributed by atoms with Crippen molar-refractivity contribution < 1.29 is 9.90 Å². The van der Waals surface area contributed by atoms with Gasteiger partial charge in [-0.3, -0.25) is 0 Å². The number of aliphatic carboxylic acids is 1. The lowest BCUT2D eigenvalue weighted by molar-refractivity contribution is -0.132. The van der Waals surface area contributed by atoms with Gasteiger partial charge in [0, 0.05) is 5.57 Å². The molecule has 17 heavy (non-hydrogen) atoms. The van der Waals surface area contributed by atoms with Gasteiger partial charge < -0.3 is 5.11 Å². The van der Waals surface area contributed by atoms with Gasteiger partial charge in [-0.15, -0.1) is 0 Å². The van der Waals surface area contributed by atoms with E-state index >= 15 is 0 Å². The van der Waals surface area contributed by atoms with Crippen LogP contribution in [0.2, 0.25) is 0 Å². The third-order valence-corrected chi connectivity index (χ3v) is 4.55. The Morgan fingerprint density at radius 1 is 1.41 bits per heavy atom. The van der Waals surface area contributed by atoms with Crippen LogP contribution >= 0.6 is 0 Å². The minimum absolute atomic E-state index is 0.297. The van der Waals surface area contributed by atoms with Gasteiger partial charge >= 0.3 is 5.97 Å². The van der Waals surface area contributed by atoms with Crippen LogP contribution in [0.15, 0.2) is 23.3 Å². The number of allylic oxidation sites excluding steroid dienone is 3. The molecule has 0 aromatic heterocycles. The number of carbonyl (C=O) groups is 1. The van der Waals surface area contributed by atoms with Gasteiger partial charge in [-0.2, -0.15) is 0 Å². The molecule has 0 aromatic carbocycles. The highest BCUT2D eigenvalue weighted by Gasteiger charge is 2.55. The molecule has 0 radical (unpaired) electrons. The average molecular weight is 234 g/mol. The lowest BCUT2D eigenvalue weighted by atomic mass is 10.0. The highest BCUT2D eigenvalue weighted by molar-refractivity contribution is 5.86. The first-order valence-corrected chi connectivity index (χ1v) is 6.52. The highest BCUT2D eigenvalue weighted by atomic mass is 16.4. The Kier molecular flexibility index (Phi) is 3.15. The molecule has 2 aliphatic rings. The second-order valence-electron chi connectivity index (χ2n) is 6.08. The highest BCUT2D eigenvalue weighted by Crippen LogP contribution is 2.61. The predicted octanol–water partition coefficient (Wildman–Crippen LogP) is 3.79. The van der Waals surface area contributed by atoms with Gasteiger partial charge in [0.2, 0.25) is 0 Å². The van der Waals surface area contributed by atoms with Crippen molar-refractivity contribution in [3.8, 4) is 0 Å². The maximum absolute atomic E-state index is 11.2. The van der Waals surface area contributed by atoms with E-state index in [-0.39, 0.29) is 0 Å². The van der Waals surface area contributed by atoms with Gasteiger partial charge in [0.25, 0.3) is 0 Å². The molecule has 2 heteroatoms. The Morgan fingerprint density at radius 2 is 2.12 bits per heavy atom. The van der Waals surface area contributed by atoms with Crippen LogP contribution in [0, 0.1) is 17.3 Å². The van der Waals surface area contributed by atoms with Crippen molar-refractivity contribution in [3.05, 3.63) is 23.3 Å². The SMILES string of the molecule is CC1=CCC/C(C(=O)O)=C/[C@@H]2[C@H](CC1)C2(C)C. The molecule has 1 fully saturated rings. The topological polar surface area (TPSA) is 37.3 Å². The summed E-state index contributed by atoms with van der Waals surface area (Å²) < 4.78 is 0. The minimum atomic E-state index is -0.738. The Labute approximate surface area is 103 Å². The Balaban J connectivity index is 2.22. The normalized spacial score (nSPS) is 35.0. The van der Waals surface area contributed by atoms with E-state index in [0.717, 1.165) is 6.42 Å². The molecule has 94 valence electrons. The van der Waals surface area contributed by atoms with Crippen molar-refractivity contribution in [2.45, 2.75) is 46.5 Å². The van der Waals surface area contributed by atoms with Crippen LogP contribution in [0.1, 0.15) is 46.5 Å². The van der Waals surface area contributed by atoms with Gasteiger partial charge in [-0.25, -0.2) is 4.79 Å². The third kappa shape index (κ3) is 2.46. The van der Waals surface area contributed by atoms with Crippen LogP contribution in [0.5, 0.6) is 0 Å². The maximum atomic E-state index is 11.2. The summed E-state index contributed by atoms with van der Waals surface area (Å²) in [6.07, 6.45) is 8.13. The first-order valence-electron chi connectivity index (χ1n) is 6.52. The van der Waals surface area contributed by atoms with E-state index in [1.807, 2.05) is 6.08 Å². The van der Waals surface area contributed by atoms with Crippen molar-refractivity contribution in [1.29, 1.82) is 0 Å². The minimum Gasteiger partial charge on any atom is -0.478 e. The average Bonchev–Trinajstić information content (AvgIpc) is 2.76. The second-order valence-corrected chi connectivity index (χ2v) is 6.08. The number of carboxylic acids is 1. The zero-order valence-corrected chi connectivity index (χ0v) is 11.0. The van der Waals surface area contributed by atoms with Crippen molar-refractivity contribution in [2.24, 2.45) is 17.3 Å². The molecule has 0 bridgehead atoms. The number of hydrogen-bond acceptors (Lipinski definition) is 1. The van der Waals surface area contributed by atoms with Crippen molar-refractivity contribution in [1.82, 2.24) is 0 Å². The van der Waals surface area contributed by atoms with Crippen LogP contribution in [0.3, 0.4) is 0 Å². The molecule has 0 spiro atoms. The molecule has 0 amide bonds. The summed E-state index contributed by atoms with van der Waals surface area (Å²) in [6.45, 7) is 6.68. The standard InChI is InChI=1S/C15H22O2/c1-10-5-4-6-11(14(16)17)9-13-12(8-7-10)15(13,2)3/h5,9,12-13H,4,6-8H2,1-3H3,(H,16,17)/b10-5?,11-9-/t12-,13+/m0/s1. The largest absolute Gasteiger partial charge is 0.478 e. The zero-order valence-electron chi connectivity index (χ0n) is 11.0. The van der Waals surface area contributed by atoms with E-state index in [0.29, 0.717) is 29.2 Å². The van der Waals surface area contributed by atoms with E-state index < -0.39 is 5.97 Å². The molecule has 1 N–H and O–H groups in total. The fourth-order valence-corrected chi connectivity index (χ4v) is 3.11. The monoisotopic (exact) mass is 234 g/mol. The molecule has 1 saturated carbocycles. The lowest BCUT2D eigenvalue weighted by Gasteiger charge is -2.05. The van der Waals surface area contributed by atoms with E-state index in [1.54, 1.807) is 0 Å². The van der Waals surface area contributed by atoms with Gasteiger partial charge in [0.15, 0.2) is 0 Å². The summed E-state index contributed by atoms with van der Waals surface area (Å²) in [5.41, 5.74) is 2.32. The summed E-state index contributed by atoms with van der Waals surface area (Å²) in [4.78, 5) is 11.2. The molecule has 0 aromatic rings. The zero-order chi connectivity index (χ0) is 12.6. The fourth-order valence-electron chi connectivity index (χ4n) is 3.11. The summed E-state index contributed by atoms with van der Waals surface area (Å²) in [5, 5.41) is 9.20. The molecule has 0 aliphatic heterocycles. The van der Waals surface area contributed by atoms with Crippen molar-refractivity contribution in [3.63, 3.8) is 0 Å². The molecular formula is C15H22O2. The van der Waals surface area contributed by atoms with Gasteiger partial charge in [0.05, 0.1) is 0 Å². The summed E-state index contributed by atoms with van der Waals surface area (Å²) in [5.74, 6) is 0.399. The molecule has 2 nitrogen and oxygen atoms in total. The quantitative estimate of drug-likeness (QED) is 0.701. The molecule has 2 atom stereocenters. The van der Waals surface area contributed by atoms with Gasteiger partial charge in [0.1, 0.15) is 0 Å². The predicted molar refractivity (Wildman–Crippen MR) is 68.7 cm³/mol. The Hall–Kier alpha value is -1.05. The van der Waals surface area contributed by atoms with Crippen LogP contribution in [0.4, 0.5) is 0 Å². The number of carboxylic acid groups (broad SMARTS) is 1. The summed E-state index contributed by atoms with van der Waals surface area (Å²) in [6, 6.07) is 0. The first kappa shape index (κ1) is 12.4. The fraction of sp³-hybridized carbons (Fsp3) is 0.667. The lowest BCUT2D eigenvalue weighted by Crippen LogP contribution is -2.02. The molecule has 0 saturated heterocycles. The molecule has 2 rings (SSSR count). The molecular weight excluding hydrogens is 212 g/mol. The number of rotatable bonds is 1. The Bertz CT molecular complexity index is 388. The van der Waals surface area contributed by atoms with E-state index in [4.69, 9.17) is 0 Å². The first-order chi connectivity index (χ1) is 7.93. The van der Waals surface area contributed by atoms with Crippen molar-refractivity contribution in [2.75, 3.05) is 0 Å². The maximum Gasteiger partial charge on any atom is 0.331 e. The van der Waals surface area contributed by atoms with Gasteiger partial charge in [-0.05, 0) is 49.9 Å². The van der Waals surface area contributed by atoms with E-state index in [1.165, 1.54) is 18.4 Å². The third-order valence-electron chi connectivity index (χ3n) is 4.55. The van der Waals surface area contributed by atoms with E-state index in [9.17, 15) is 9.90 Å². The van der Waals surface area contributed by atoms with Crippen LogP contribution in [0.25, 0.3) is 0 Å². The molecule has 0 heterocycles. The molecule has 0 unspecified atom stereocenters. The number of fused-ring (bicyclic) bond motifs is 1. The summed E-state index contributed by atoms with van der Waals surface area (Å²) >= 11 is 0.